The van der Waals surface area contributed by atoms with Crippen LogP contribution >= 0.6 is 0 Å². The normalized spacial score (nSPS) is 11.1. The van der Waals surface area contributed by atoms with Crippen LogP contribution in [0.5, 0.6) is 0 Å². The van der Waals surface area contributed by atoms with Crippen molar-refractivity contribution in [2.24, 2.45) is 0 Å². The number of nitro benzene ring substituents is 1. The fraction of sp³-hybridized carbons (Fsp3) is 0.462. The first kappa shape index (κ1) is 14.9. The van der Waals surface area contributed by atoms with Crippen LogP contribution in [0.15, 0.2) is 18.2 Å². The first-order valence-electron chi connectivity index (χ1n) is 6.19. The molecule has 0 aliphatic heterocycles. The van der Waals surface area contributed by atoms with Crippen molar-refractivity contribution >= 4 is 17.3 Å². The van der Waals surface area contributed by atoms with Gasteiger partial charge in [0.1, 0.15) is 0 Å². The minimum absolute atomic E-state index is 0.141. The molecule has 0 spiro atoms. The summed E-state index contributed by atoms with van der Waals surface area (Å²) in [6, 6.07) is 3.86. The van der Waals surface area contributed by atoms with Crippen LogP contribution in [0.25, 0.3) is 0 Å². The van der Waals surface area contributed by atoms with Crippen molar-refractivity contribution < 1.29 is 9.72 Å². The number of hydrogen-bond acceptors (Lipinski definition) is 4. The van der Waals surface area contributed by atoms with Crippen LogP contribution in [0.3, 0.4) is 0 Å². The van der Waals surface area contributed by atoms with Gasteiger partial charge in [0, 0.05) is 23.4 Å². The lowest BCUT2D eigenvalue weighted by Crippen LogP contribution is -2.45. The second kappa shape index (κ2) is 5.69. The Morgan fingerprint density at radius 3 is 2.47 bits per heavy atom. The molecule has 0 aliphatic rings. The molecule has 0 saturated heterocycles. The van der Waals surface area contributed by atoms with Gasteiger partial charge in [-0.05, 0) is 25.8 Å². The number of benzene rings is 1. The highest BCUT2D eigenvalue weighted by molar-refractivity contribution is 6.00. The molecule has 0 saturated carbocycles. The van der Waals surface area contributed by atoms with Crippen molar-refractivity contribution in [1.82, 2.24) is 5.32 Å². The minimum Gasteiger partial charge on any atom is -0.398 e. The predicted octanol–water partition coefficient (Wildman–Crippen LogP) is 2.49. The first-order chi connectivity index (χ1) is 8.83. The number of carbonyl (C=O) groups is 1. The lowest BCUT2D eigenvalue weighted by Gasteiger charge is -2.28. The molecule has 0 fully saturated rings. The Hall–Kier alpha value is -2.11. The zero-order valence-corrected chi connectivity index (χ0v) is 11.4. The topological polar surface area (TPSA) is 98.3 Å². The van der Waals surface area contributed by atoms with Gasteiger partial charge in [-0.25, -0.2) is 0 Å². The summed E-state index contributed by atoms with van der Waals surface area (Å²) in [6.45, 7) is 5.87. The molecule has 6 heteroatoms. The fourth-order valence-electron chi connectivity index (χ4n) is 1.62. The Morgan fingerprint density at radius 1 is 1.42 bits per heavy atom. The van der Waals surface area contributed by atoms with Gasteiger partial charge in [0.05, 0.1) is 10.5 Å². The maximum absolute atomic E-state index is 12.2. The molecule has 0 atom stereocenters. The predicted molar refractivity (Wildman–Crippen MR) is 74.0 cm³/mol. The molecule has 1 aromatic carbocycles. The summed E-state index contributed by atoms with van der Waals surface area (Å²) < 4.78 is 0. The van der Waals surface area contributed by atoms with Crippen LogP contribution in [0.1, 0.15) is 44.0 Å². The summed E-state index contributed by atoms with van der Waals surface area (Å²) in [5, 5.41) is 13.6. The molecule has 0 radical (unpaired) electrons. The summed E-state index contributed by atoms with van der Waals surface area (Å²) in [6.07, 6.45) is 1.54. The van der Waals surface area contributed by atoms with Crippen LogP contribution in [-0.4, -0.2) is 16.4 Å². The molecule has 1 aromatic rings. The Kier molecular flexibility index (Phi) is 4.47. The van der Waals surface area contributed by atoms with Gasteiger partial charge in [0.25, 0.3) is 11.6 Å². The van der Waals surface area contributed by atoms with E-state index in [1.165, 1.54) is 18.2 Å². The number of nitrogen functional groups attached to an aromatic ring is 1. The van der Waals surface area contributed by atoms with E-state index < -0.39 is 4.92 Å². The maximum Gasteiger partial charge on any atom is 0.270 e. The van der Waals surface area contributed by atoms with Gasteiger partial charge in [-0.15, -0.1) is 0 Å². The highest BCUT2D eigenvalue weighted by Crippen LogP contribution is 2.21. The van der Waals surface area contributed by atoms with E-state index in [2.05, 4.69) is 5.32 Å². The summed E-state index contributed by atoms with van der Waals surface area (Å²) in [4.78, 5) is 22.3. The SMILES string of the molecule is CCC(C)(CC)NC(=O)c1cc([N+](=O)[O-])ccc1N. The molecule has 6 nitrogen and oxygen atoms in total. The number of carbonyl (C=O) groups excluding carboxylic acids is 1. The lowest BCUT2D eigenvalue weighted by atomic mass is 9.95. The van der Waals surface area contributed by atoms with E-state index in [1.54, 1.807) is 0 Å². The number of amides is 1. The zero-order chi connectivity index (χ0) is 14.6. The van der Waals surface area contributed by atoms with Crippen LogP contribution in [-0.2, 0) is 0 Å². The van der Waals surface area contributed by atoms with Crippen LogP contribution in [0.4, 0.5) is 11.4 Å². The van der Waals surface area contributed by atoms with Gasteiger partial charge < -0.3 is 11.1 Å². The van der Waals surface area contributed by atoms with Gasteiger partial charge in [-0.2, -0.15) is 0 Å². The van der Waals surface area contributed by atoms with Crippen molar-refractivity contribution in [1.29, 1.82) is 0 Å². The largest absolute Gasteiger partial charge is 0.398 e. The number of nitro groups is 1. The Morgan fingerprint density at radius 2 is 2.00 bits per heavy atom. The molecule has 1 rings (SSSR count). The van der Waals surface area contributed by atoms with Gasteiger partial charge in [-0.1, -0.05) is 13.8 Å². The smallest absolute Gasteiger partial charge is 0.270 e. The molecule has 0 aromatic heterocycles. The van der Waals surface area contributed by atoms with Crippen molar-refractivity contribution in [2.75, 3.05) is 5.73 Å². The van der Waals surface area contributed by atoms with E-state index in [-0.39, 0.29) is 28.4 Å². The number of rotatable bonds is 5. The van der Waals surface area contributed by atoms with Gasteiger partial charge in [-0.3, -0.25) is 14.9 Å². The van der Waals surface area contributed by atoms with E-state index >= 15 is 0 Å². The number of non-ortho nitro benzene ring substituents is 1. The lowest BCUT2D eigenvalue weighted by molar-refractivity contribution is -0.384. The Balaban J connectivity index is 3.06. The van der Waals surface area contributed by atoms with Gasteiger partial charge >= 0.3 is 0 Å². The van der Waals surface area contributed by atoms with Crippen LogP contribution in [0.2, 0.25) is 0 Å². The third-order valence-corrected chi connectivity index (χ3v) is 3.47. The third-order valence-electron chi connectivity index (χ3n) is 3.47. The highest BCUT2D eigenvalue weighted by Gasteiger charge is 2.24. The Bertz CT molecular complexity index is 496. The molecule has 19 heavy (non-hydrogen) atoms. The number of hydrogen-bond donors (Lipinski definition) is 2. The van der Waals surface area contributed by atoms with Gasteiger partial charge in [0.2, 0.25) is 0 Å². The third kappa shape index (κ3) is 3.43. The highest BCUT2D eigenvalue weighted by atomic mass is 16.6. The van der Waals surface area contributed by atoms with E-state index in [9.17, 15) is 14.9 Å². The van der Waals surface area contributed by atoms with Crippen LogP contribution in [0, 0.1) is 10.1 Å². The zero-order valence-electron chi connectivity index (χ0n) is 11.4. The molecule has 3 N–H and O–H groups in total. The van der Waals surface area contributed by atoms with E-state index in [4.69, 9.17) is 5.73 Å². The van der Waals surface area contributed by atoms with Crippen molar-refractivity contribution in [3.05, 3.63) is 33.9 Å². The molecule has 1 amide bonds. The molecule has 104 valence electrons. The molecular formula is C13H19N3O3. The number of anilines is 1. The van der Waals surface area contributed by atoms with Crippen molar-refractivity contribution in [3.8, 4) is 0 Å². The number of nitrogens with two attached hydrogens (primary N) is 1. The number of nitrogens with zero attached hydrogens (tertiary/aromatic N) is 1. The standard InChI is InChI=1S/C13H19N3O3/c1-4-13(3,5-2)15-12(17)10-8-9(16(18)19)6-7-11(10)14/h6-8H,4-5,14H2,1-3H3,(H,15,17). The monoisotopic (exact) mass is 265 g/mol. The Labute approximate surface area is 112 Å². The second-order valence-corrected chi connectivity index (χ2v) is 4.75. The second-order valence-electron chi connectivity index (χ2n) is 4.75. The van der Waals surface area contributed by atoms with E-state index in [0.29, 0.717) is 0 Å². The fourth-order valence-corrected chi connectivity index (χ4v) is 1.62. The van der Waals surface area contributed by atoms with Gasteiger partial charge in [0.15, 0.2) is 0 Å². The van der Waals surface area contributed by atoms with Crippen molar-refractivity contribution in [3.63, 3.8) is 0 Å². The average molecular weight is 265 g/mol. The summed E-state index contributed by atoms with van der Waals surface area (Å²) in [5.74, 6) is -0.382. The maximum atomic E-state index is 12.2. The first-order valence-corrected chi connectivity index (χ1v) is 6.19. The summed E-state index contributed by atoms with van der Waals surface area (Å²) >= 11 is 0. The molecule has 0 aliphatic carbocycles. The van der Waals surface area contributed by atoms with E-state index in [0.717, 1.165) is 12.8 Å². The summed E-state index contributed by atoms with van der Waals surface area (Å²) in [7, 11) is 0. The molecular weight excluding hydrogens is 246 g/mol. The minimum atomic E-state index is -0.547. The molecule has 0 unspecified atom stereocenters. The van der Waals surface area contributed by atoms with Crippen molar-refractivity contribution in [2.45, 2.75) is 39.2 Å². The molecule has 0 heterocycles. The van der Waals surface area contributed by atoms with E-state index in [1.807, 2.05) is 20.8 Å². The summed E-state index contributed by atoms with van der Waals surface area (Å²) in [5.41, 5.74) is 5.60. The molecule has 0 bridgehead atoms. The van der Waals surface area contributed by atoms with Crippen LogP contribution < -0.4 is 11.1 Å². The average Bonchev–Trinajstić information content (AvgIpc) is 2.38. The quantitative estimate of drug-likeness (QED) is 0.485. The number of nitrogens with one attached hydrogen (secondary N) is 1.